The smallest absolute Gasteiger partial charge is 0.317 e. The normalized spacial score (nSPS) is 20.1. The molecule has 1 atom stereocenters. The molecule has 0 radical (unpaired) electrons. The van der Waals surface area contributed by atoms with E-state index in [1.807, 2.05) is 38.1 Å². The molecule has 0 unspecified atom stereocenters. The summed E-state index contributed by atoms with van der Waals surface area (Å²) < 4.78 is 0. The zero-order chi connectivity index (χ0) is 18.0. The van der Waals surface area contributed by atoms with Crippen LogP contribution in [-0.4, -0.2) is 34.1 Å². The van der Waals surface area contributed by atoms with Crippen LogP contribution in [0.5, 0.6) is 0 Å². The molecule has 6 heteroatoms. The predicted octanol–water partition coefficient (Wildman–Crippen LogP) is 3.13. The van der Waals surface area contributed by atoms with E-state index in [4.69, 9.17) is 0 Å². The topological polar surface area (TPSA) is 65.5 Å². The Balaban J connectivity index is 1.64. The standard InChI is InChI=1S/C19H25N3O2S/c1-4-16-17(25-14(3)21-16)11-20-18(23)22-10-9-19(24,12-22)15-8-6-5-7-13(15)2/h5-8,24H,4,9-12H2,1-3H3,(H,20,23)/t19-/m0/s1. The van der Waals surface area contributed by atoms with E-state index in [0.29, 0.717) is 26.1 Å². The third-order valence-corrected chi connectivity index (χ3v) is 5.81. The van der Waals surface area contributed by atoms with Crippen molar-refractivity contribution in [2.24, 2.45) is 0 Å². The van der Waals surface area contributed by atoms with Crippen molar-refractivity contribution >= 4 is 17.4 Å². The van der Waals surface area contributed by atoms with Crippen molar-refractivity contribution < 1.29 is 9.90 Å². The van der Waals surface area contributed by atoms with Crippen LogP contribution in [-0.2, 0) is 18.6 Å². The number of hydrogen-bond donors (Lipinski definition) is 2. The molecule has 0 saturated carbocycles. The van der Waals surface area contributed by atoms with Crippen LogP contribution in [0.25, 0.3) is 0 Å². The number of thiazole rings is 1. The first-order chi connectivity index (χ1) is 11.9. The lowest BCUT2D eigenvalue weighted by atomic mass is 9.89. The zero-order valence-electron chi connectivity index (χ0n) is 15.0. The van der Waals surface area contributed by atoms with Gasteiger partial charge in [0.1, 0.15) is 5.60 Å². The molecule has 1 fully saturated rings. The van der Waals surface area contributed by atoms with Gasteiger partial charge in [0.25, 0.3) is 0 Å². The monoisotopic (exact) mass is 359 g/mol. The van der Waals surface area contributed by atoms with Gasteiger partial charge in [-0.2, -0.15) is 0 Å². The Bertz CT molecular complexity index is 774. The van der Waals surface area contributed by atoms with Gasteiger partial charge < -0.3 is 15.3 Å². The quantitative estimate of drug-likeness (QED) is 0.881. The summed E-state index contributed by atoms with van der Waals surface area (Å²) in [5, 5.41) is 15.0. The van der Waals surface area contributed by atoms with Crippen LogP contribution >= 0.6 is 11.3 Å². The van der Waals surface area contributed by atoms with E-state index in [9.17, 15) is 9.90 Å². The van der Waals surface area contributed by atoms with Crippen molar-refractivity contribution in [1.29, 1.82) is 0 Å². The molecule has 1 aromatic heterocycles. The summed E-state index contributed by atoms with van der Waals surface area (Å²) in [5.41, 5.74) is 2.07. The van der Waals surface area contributed by atoms with Gasteiger partial charge in [0.2, 0.25) is 0 Å². The summed E-state index contributed by atoms with van der Waals surface area (Å²) in [6.45, 7) is 7.42. The largest absolute Gasteiger partial charge is 0.383 e. The minimum absolute atomic E-state index is 0.127. The Morgan fingerprint density at radius 3 is 2.88 bits per heavy atom. The van der Waals surface area contributed by atoms with Gasteiger partial charge in [0, 0.05) is 11.4 Å². The van der Waals surface area contributed by atoms with Crippen molar-refractivity contribution in [2.45, 2.75) is 45.8 Å². The molecule has 3 rings (SSSR count). The lowest BCUT2D eigenvalue weighted by Crippen LogP contribution is -2.40. The summed E-state index contributed by atoms with van der Waals surface area (Å²) in [5.74, 6) is 0. The van der Waals surface area contributed by atoms with E-state index in [2.05, 4.69) is 17.2 Å². The maximum atomic E-state index is 12.5. The number of amides is 2. The molecule has 1 aromatic carbocycles. The second-order valence-electron chi connectivity index (χ2n) is 6.63. The van der Waals surface area contributed by atoms with Gasteiger partial charge in [-0.1, -0.05) is 31.2 Å². The predicted molar refractivity (Wildman–Crippen MR) is 99.7 cm³/mol. The van der Waals surface area contributed by atoms with Crippen molar-refractivity contribution in [1.82, 2.24) is 15.2 Å². The molecule has 1 saturated heterocycles. The SMILES string of the molecule is CCc1nc(C)sc1CNC(=O)N1CC[C@@](O)(c2ccccc2C)C1. The highest BCUT2D eigenvalue weighted by Gasteiger charge is 2.40. The fourth-order valence-electron chi connectivity index (χ4n) is 3.48. The van der Waals surface area contributed by atoms with Crippen molar-refractivity contribution in [3.63, 3.8) is 0 Å². The van der Waals surface area contributed by atoms with Gasteiger partial charge in [-0.15, -0.1) is 11.3 Å². The lowest BCUT2D eigenvalue weighted by molar-refractivity contribution is 0.0487. The molecule has 5 nitrogen and oxygen atoms in total. The second-order valence-corrected chi connectivity index (χ2v) is 7.92. The van der Waals surface area contributed by atoms with E-state index in [0.717, 1.165) is 33.1 Å². The van der Waals surface area contributed by atoms with Crippen LogP contribution < -0.4 is 5.32 Å². The summed E-state index contributed by atoms with van der Waals surface area (Å²) in [6.07, 6.45) is 1.43. The van der Waals surface area contributed by atoms with Crippen molar-refractivity contribution in [2.75, 3.05) is 13.1 Å². The van der Waals surface area contributed by atoms with Crippen LogP contribution in [0, 0.1) is 13.8 Å². The van der Waals surface area contributed by atoms with Crippen LogP contribution in [0.2, 0.25) is 0 Å². The first-order valence-corrected chi connectivity index (χ1v) is 9.51. The van der Waals surface area contributed by atoms with Gasteiger partial charge in [-0.3, -0.25) is 0 Å². The van der Waals surface area contributed by atoms with E-state index in [1.165, 1.54) is 0 Å². The number of carbonyl (C=O) groups is 1. The average Bonchev–Trinajstić information content (AvgIpc) is 3.16. The van der Waals surface area contributed by atoms with E-state index in [-0.39, 0.29) is 6.03 Å². The van der Waals surface area contributed by atoms with E-state index in [1.54, 1.807) is 16.2 Å². The highest BCUT2D eigenvalue weighted by atomic mass is 32.1. The Labute approximate surface area is 152 Å². The number of aromatic nitrogens is 1. The van der Waals surface area contributed by atoms with Gasteiger partial charge in [0.15, 0.2) is 0 Å². The number of hydrogen-bond acceptors (Lipinski definition) is 4. The number of aryl methyl sites for hydroxylation is 3. The fraction of sp³-hybridized carbons (Fsp3) is 0.474. The molecule has 2 heterocycles. The minimum Gasteiger partial charge on any atom is -0.383 e. The summed E-state index contributed by atoms with van der Waals surface area (Å²) in [6, 6.07) is 7.71. The third kappa shape index (κ3) is 3.70. The summed E-state index contributed by atoms with van der Waals surface area (Å²) >= 11 is 1.63. The summed E-state index contributed by atoms with van der Waals surface area (Å²) in [4.78, 5) is 19.8. The van der Waals surface area contributed by atoms with Gasteiger partial charge >= 0.3 is 6.03 Å². The van der Waals surface area contributed by atoms with Crippen molar-refractivity contribution in [3.05, 3.63) is 51.0 Å². The van der Waals surface area contributed by atoms with Crippen LogP contribution in [0.3, 0.4) is 0 Å². The molecule has 0 bridgehead atoms. The molecule has 1 aliphatic rings. The molecule has 0 spiro atoms. The minimum atomic E-state index is -0.960. The van der Waals surface area contributed by atoms with Crippen LogP contribution in [0.15, 0.2) is 24.3 Å². The number of nitrogens with zero attached hydrogens (tertiary/aromatic N) is 2. The number of aliphatic hydroxyl groups is 1. The number of nitrogens with one attached hydrogen (secondary N) is 1. The molecule has 2 amide bonds. The Kier molecular flexibility index (Phi) is 5.11. The molecular weight excluding hydrogens is 334 g/mol. The Hall–Kier alpha value is -1.92. The lowest BCUT2D eigenvalue weighted by Gasteiger charge is -2.25. The molecule has 134 valence electrons. The molecule has 2 aromatic rings. The molecule has 25 heavy (non-hydrogen) atoms. The third-order valence-electron chi connectivity index (χ3n) is 4.80. The molecule has 0 aliphatic carbocycles. The van der Waals surface area contributed by atoms with E-state index >= 15 is 0 Å². The van der Waals surface area contributed by atoms with Gasteiger partial charge in [-0.05, 0) is 37.8 Å². The first kappa shape index (κ1) is 17.9. The zero-order valence-corrected chi connectivity index (χ0v) is 15.8. The Morgan fingerprint density at radius 1 is 1.40 bits per heavy atom. The number of likely N-dealkylation sites (tertiary alicyclic amines) is 1. The fourth-order valence-corrected chi connectivity index (χ4v) is 4.44. The van der Waals surface area contributed by atoms with Crippen molar-refractivity contribution in [3.8, 4) is 0 Å². The number of carbonyl (C=O) groups excluding carboxylic acids is 1. The molecular formula is C19H25N3O2S. The van der Waals surface area contributed by atoms with E-state index < -0.39 is 5.60 Å². The molecule has 1 aliphatic heterocycles. The Morgan fingerprint density at radius 2 is 2.16 bits per heavy atom. The number of β-amino-alcohol motifs (C(OH)–C–C–N with tert-alkyl or cyclic N) is 1. The first-order valence-electron chi connectivity index (χ1n) is 8.69. The average molecular weight is 359 g/mol. The number of rotatable bonds is 4. The van der Waals surface area contributed by atoms with Gasteiger partial charge in [-0.25, -0.2) is 9.78 Å². The number of benzene rings is 1. The van der Waals surface area contributed by atoms with Gasteiger partial charge in [0.05, 0.1) is 23.8 Å². The summed E-state index contributed by atoms with van der Waals surface area (Å²) in [7, 11) is 0. The van der Waals surface area contributed by atoms with Crippen LogP contribution in [0.1, 0.15) is 40.1 Å². The van der Waals surface area contributed by atoms with Crippen LogP contribution in [0.4, 0.5) is 4.79 Å². The highest BCUT2D eigenvalue weighted by molar-refractivity contribution is 7.11. The maximum Gasteiger partial charge on any atom is 0.317 e. The maximum absolute atomic E-state index is 12.5. The molecule has 2 N–H and O–H groups in total. The second kappa shape index (κ2) is 7.14. The number of urea groups is 1. The highest BCUT2D eigenvalue weighted by Crippen LogP contribution is 2.33.